The van der Waals surface area contributed by atoms with E-state index in [-0.39, 0.29) is 42.7 Å². The third-order valence-electron chi connectivity index (χ3n) is 11.7. The lowest BCUT2D eigenvalue weighted by molar-refractivity contribution is -0.138. The number of rotatable bonds is 15. The Hall–Kier alpha value is -6.77. The van der Waals surface area contributed by atoms with Crippen molar-refractivity contribution in [1.29, 1.82) is 0 Å². The molecule has 4 heterocycles. The highest BCUT2D eigenvalue weighted by Crippen LogP contribution is 2.35. The van der Waals surface area contributed by atoms with E-state index in [1.807, 2.05) is 97.7 Å². The van der Waals surface area contributed by atoms with Crippen LogP contribution in [0.25, 0.3) is 33.4 Å². The van der Waals surface area contributed by atoms with Crippen LogP contribution in [0.1, 0.15) is 88.5 Å². The maximum atomic E-state index is 14.1. The number of ether oxygens (including phenoxy) is 2. The molecule has 8 rings (SSSR count). The number of imidazole rings is 1. The van der Waals surface area contributed by atoms with Crippen molar-refractivity contribution in [3.63, 3.8) is 0 Å². The fourth-order valence-electron chi connectivity index (χ4n) is 8.61. The van der Waals surface area contributed by atoms with E-state index in [9.17, 15) is 19.2 Å². The van der Waals surface area contributed by atoms with Crippen LogP contribution >= 0.6 is 0 Å². The maximum absolute atomic E-state index is 14.1. The third kappa shape index (κ3) is 10.0. The van der Waals surface area contributed by atoms with Gasteiger partial charge in [-0.3, -0.25) is 19.7 Å². The number of amides is 4. The zero-order chi connectivity index (χ0) is 44.7. The van der Waals surface area contributed by atoms with Crippen molar-refractivity contribution < 1.29 is 28.7 Å². The Labute approximate surface area is 373 Å². The Morgan fingerprint density at radius 3 is 2.08 bits per heavy atom. The Morgan fingerprint density at radius 2 is 1.38 bits per heavy atom. The standard InChI is InChI=1S/C50H56N8O6/c1-31(2)63-30-52-44(34-13-7-5-8-14-34)48(60)57-25-11-17-42(57)46-51-29-41(55-46)36-21-24-39-37(27-36)28-40(54-39)33-19-22-38(23-20-33)53-47(59)43-18-12-26-58(43)49(61)45(35-15-9-6-10-16-35)56-50(62)64-32(3)4/h5-10,13-16,19-24,27-29,31-32,42-45,52,54H,11-12,17-18,25-26,30H2,1-4H3,(H,51,55)(H,53,59)(H,56,62)/t42-,43-,44+,45+/m0/s1. The predicted molar refractivity (Wildman–Crippen MR) is 246 cm³/mol. The smallest absolute Gasteiger partial charge is 0.408 e. The molecule has 2 aliphatic heterocycles. The first-order valence-electron chi connectivity index (χ1n) is 22.1. The van der Waals surface area contributed by atoms with Crippen LogP contribution in [-0.4, -0.2) is 86.6 Å². The fourth-order valence-corrected chi connectivity index (χ4v) is 8.61. The molecule has 4 amide bonds. The van der Waals surface area contributed by atoms with E-state index < -0.39 is 24.2 Å². The molecule has 14 heteroatoms. The van der Waals surface area contributed by atoms with Crippen LogP contribution in [0.5, 0.6) is 0 Å². The number of hydrogen-bond acceptors (Lipinski definition) is 8. The molecule has 4 aromatic carbocycles. The van der Waals surface area contributed by atoms with E-state index in [4.69, 9.17) is 14.5 Å². The number of aromatic amines is 2. The topological polar surface area (TPSA) is 174 Å². The zero-order valence-corrected chi connectivity index (χ0v) is 36.7. The van der Waals surface area contributed by atoms with Gasteiger partial charge < -0.3 is 39.9 Å². The lowest BCUT2D eigenvalue weighted by Gasteiger charge is -2.29. The van der Waals surface area contributed by atoms with Gasteiger partial charge in [-0.15, -0.1) is 0 Å². The predicted octanol–water partition coefficient (Wildman–Crippen LogP) is 8.41. The van der Waals surface area contributed by atoms with Crippen LogP contribution in [0, 0.1) is 0 Å². The molecule has 2 aliphatic rings. The van der Waals surface area contributed by atoms with Gasteiger partial charge in [-0.05, 0) is 100 Å². The Kier molecular flexibility index (Phi) is 13.5. The van der Waals surface area contributed by atoms with Crippen molar-refractivity contribution in [2.24, 2.45) is 0 Å². The molecule has 2 aromatic heterocycles. The van der Waals surface area contributed by atoms with E-state index in [1.54, 1.807) is 43.0 Å². The maximum Gasteiger partial charge on any atom is 0.408 e. The lowest BCUT2D eigenvalue weighted by atomic mass is 10.0. The first-order chi connectivity index (χ1) is 31.0. The number of nitrogens with zero attached hydrogens (tertiary/aromatic N) is 3. The van der Waals surface area contributed by atoms with Crippen molar-refractivity contribution >= 4 is 40.4 Å². The van der Waals surface area contributed by atoms with Gasteiger partial charge in [-0.25, -0.2) is 9.78 Å². The van der Waals surface area contributed by atoms with Crippen LogP contribution in [0.15, 0.2) is 115 Å². The van der Waals surface area contributed by atoms with Gasteiger partial charge in [0.2, 0.25) is 11.8 Å². The van der Waals surface area contributed by atoms with Crippen molar-refractivity contribution in [1.82, 2.24) is 35.4 Å². The normalized spacial score (nSPS) is 17.2. The average Bonchev–Trinajstić information content (AvgIpc) is 4.14. The summed E-state index contributed by atoms with van der Waals surface area (Å²) in [5.41, 5.74) is 6.76. The summed E-state index contributed by atoms with van der Waals surface area (Å²) in [6.07, 6.45) is 3.68. The minimum absolute atomic E-state index is 0.00297. The quantitative estimate of drug-likeness (QED) is 0.0640. The number of anilines is 1. The first kappa shape index (κ1) is 43.9. The number of carbonyl (C=O) groups is 4. The molecule has 0 radical (unpaired) electrons. The Bertz CT molecular complexity index is 2560. The summed E-state index contributed by atoms with van der Waals surface area (Å²) in [4.78, 5) is 69.7. The van der Waals surface area contributed by atoms with Gasteiger partial charge in [-0.2, -0.15) is 0 Å². The number of carbonyl (C=O) groups excluding carboxylic acids is 4. The SMILES string of the molecule is CC(C)OCN[C@@H](C(=O)N1CCC[C@H]1c1ncc(-c2ccc3[nH]c(-c4ccc(NC(=O)[C@@H]5CCCN5C(=O)[C@H](NC(=O)OC(C)C)c5ccccc5)cc4)cc3c2)[nH]1)c1ccccc1. The highest BCUT2D eigenvalue weighted by molar-refractivity contribution is 5.99. The van der Waals surface area contributed by atoms with Crippen molar-refractivity contribution in [2.75, 3.05) is 25.1 Å². The number of fused-ring (bicyclic) bond motifs is 1. The third-order valence-corrected chi connectivity index (χ3v) is 11.7. The summed E-state index contributed by atoms with van der Waals surface area (Å²) >= 11 is 0. The molecule has 2 fully saturated rings. The second kappa shape index (κ2) is 19.7. The van der Waals surface area contributed by atoms with Gasteiger partial charge in [0.1, 0.15) is 23.9 Å². The number of benzene rings is 4. The van der Waals surface area contributed by atoms with E-state index in [1.165, 1.54) is 0 Å². The molecule has 14 nitrogen and oxygen atoms in total. The van der Waals surface area contributed by atoms with Gasteiger partial charge >= 0.3 is 6.09 Å². The molecule has 0 bridgehead atoms. The summed E-state index contributed by atoms with van der Waals surface area (Å²) < 4.78 is 11.0. The van der Waals surface area contributed by atoms with Gasteiger partial charge in [0, 0.05) is 40.9 Å². The molecule has 0 unspecified atom stereocenters. The first-order valence-corrected chi connectivity index (χ1v) is 22.1. The number of hydrogen-bond donors (Lipinski definition) is 5. The van der Waals surface area contributed by atoms with Crippen LogP contribution in [0.3, 0.4) is 0 Å². The molecule has 5 N–H and O–H groups in total. The highest BCUT2D eigenvalue weighted by atomic mass is 16.6. The fraction of sp³-hybridized carbons (Fsp3) is 0.340. The van der Waals surface area contributed by atoms with Crippen LogP contribution in [0.4, 0.5) is 10.5 Å². The molecule has 2 saturated heterocycles. The molecule has 332 valence electrons. The summed E-state index contributed by atoms with van der Waals surface area (Å²) in [7, 11) is 0. The zero-order valence-electron chi connectivity index (χ0n) is 36.7. The molecule has 6 aromatic rings. The molecule has 4 atom stereocenters. The monoisotopic (exact) mass is 864 g/mol. The summed E-state index contributed by atoms with van der Waals surface area (Å²) in [5.74, 6) is 0.105. The molecule has 0 aliphatic carbocycles. The average molecular weight is 865 g/mol. The van der Waals surface area contributed by atoms with Crippen molar-refractivity contribution in [3.8, 4) is 22.5 Å². The second-order valence-electron chi connectivity index (χ2n) is 17.0. The summed E-state index contributed by atoms with van der Waals surface area (Å²) in [6.45, 7) is 8.73. The molecule has 0 saturated carbocycles. The summed E-state index contributed by atoms with van der Waals surface area (Å²) in [6, 6.07) is 32.2. The number of nitrogens with one attached hydrogen (secondary N) is 5. The van der Waals surface area contributed by atoms with Gasteiger partial charge in [-0.1, -0.05) is 78.9 Å². The van der Waals surface area contributed by atoms with Gasteiger partial charge in [0.25, 0.3) is 5.91 Å². The Morgan fingerprint density at radius 1 is 0.719 bits per heavy atom. The Balaban J connectivity index is 0.922. The lowest BCUT2D eigenvalue weighted by Crippen LogP contribution is -2.48. The number of H-pyrrole nitrogens is 2. The van der Waals surface area contributed by atoms with E-state index in [0.717, 1.165) is 57.6 Å². The number of likely N-dealkylation sites (tertiary alicyclic amines) is 2. The van der Waals surface area contributed by atoms with Crippen molar-refractivity contribution in [3.05, 3.63) is 132 Å². The minimum atomic E-state index is -0.998. The van der Waals surface area contributed by atoms with Crippen LogP contribution < -0.4 is 16.0 Å². The van der Waals surface area contributed by atoms with E-state index >= 15 is 0 Å². The van der Waals surface area contributed by atoms with Crippen LogP contribution in [-0.2, 0) is 23.9 Å². The minimum Gasteiger partial charge on any atom is -0.447 e. The van der Waals surface area contributed by atoms with Gasteiger partial charge in [0.15, 0.2) is 0 Å². The number of alkyl carbamates (subject to hydrolysis) is 1. The molecular formula is C50H56N8O6. The molecule has 0 spiro atoms. The number of aromatic nitrogens is 3. The van der Waals surface area contributed by atoms with Crippen LogP contribution in [0.2, 0.25) is 0 Å². The molecule has 64 heavy (non-hydrogen) atoms. The van der Waals surface area contributed by atoms with E-state index in [2.05, 4.69) is 38.1 Å². The van der Waals surface area contributed by atoms with Crippen molar-refractivity contribution in [2.45, 2.75) is 89.8 Å². The second-order valence-corrected chi connectivity index (χ2v) is 17.0. The van der Waals surface area contributed by atoms with Gasteiger partial charge in [0.05, 0.1) is 36.9 Å². The van der Waals surface area contributed by atoms with E-state index in [0.29, 0.717) is 37.2 Å². The summed E-state index contributed by atoms with van der Waals surface area (Å²) in [5, 5.41) is 10.1. The highest BCUT2D eigenvalue weighted by Gasteiger charge is 2.39. The molecular weight excluding hydrogens is 809 g/mol. The largest absolute Gasteiger partial charge is 0.447 e.